The van der Waals surface area contributed by atoms with E-state index in [1.807, 2.05) is 0 Å². The fraction of sp³-hybridized carbons (Fsp3) is 0.600. The molecular formula is C15H26N2O. The smallest absolute Gasteiger partial charge is 0.122 e. The Morgan fingerprint density at radius 2 is 1.94 bits per heavy atom. The van der Waals surface area contributed by atoms with Crippen LogP contribution in [0.3, 0.4) is 0 Å². The van der Waals surface area contributed by atoms with Gasteiger partial charge in [-0.05, 0) is 49.6 Å². The number of methoxy groups -OCH3 is 1. The molecule has 0 aromatic heterocycles. The van der Waals surface area contributed by atoms with Crippen LogP contribution < -0.4 is 15.4 Å². The van der Waals surface area contributed by atoms with Crippen molar-refractivity contribution in [3.05, 3.63) is 23.3 Å². The highest BCUT2D eigenvalue weighted by atomic mass is 16.5. The normalized spacial score (nSPS) is 12.3. The minimum Gasteiger partial charge on any atom is -0.496 e. The van der Waals surface area contributed by atoms with Crippen LogP contribution in [-0.2, 0) is 0 Å². The molecule has 0 heterocycles. The molecule has 0 amide bonds. The first-order valence-corrected chi connectivity index (χ1v) is 6.59. The SMILES string of the molecule is CCC(CN)CN(C)c1cc(C)c(OC)cc1C. The van der Waals surface area contributed by atoms with Crippen LogP contribution >= 0.6 is 0 Å². The zero-order valence-corrected chi connectivity index (χ0v) is 12.3. The molecule has 0 aliphatic rings. The van der Waals surface area contributed by atoms with Crippen LogP contribution in [-0.4, -0.2) is 27.2 Å². The van der Waals surface area contributed by atoms with Crippen molar-refractivity contribution in [1.29, 1.82) is 0 Å². The molecule has 0 spiro atoms. The van der Waals surface area contributed by atoms with E-state index >= 15 is 0 Å². The monoisotopic (exact) mass is 250 g/mol. The van der Waals surface area contributed by atoms with Crippen LogP contribution in [0.25, 0.3) is 0 Å². The zero-order valence-electron chi connectivity index (χ0n) is 12.3. The first-order valence-electron chi connectivity index (χ1n) is 6.59. The van der Waals surface area contributed by atoms with Crippen molar-refractivity contribution in [3.63, 3.8) is 0 Å². The number of benzene rings is 1. The van der Waals surface area contributed by atoms with Crippen molar-refractivity contribution in [2.45, 2.75) is 27.2 Å². The van der Waals surface area contributed by atoms with E-state index in [2.05, 4.69) is 44.9 Å². The second kappa shape index (κ2) is 6.64. The zero-order chi connectivity index (χ0) is 13.7. The van der Waals surface area contributed by atoms with Gasteiger partial charge in [0.2, 0.25) is 0 Å². The molecule has 3 nitrogen and oxygen atoms in total. The fourth-order valence-electron chi connectivity index (χ4n) is 2.26. The number of aryl methyl sites for hydroxylation is 2. The van der Waals surface area contributed by atoms with Gasteiger partial charge in [0.25, 0.3) is 0 Å². The number of hydrogen-bond donors (Lipinski definition) is 1. The van der Waals surface area contributed by atoms with Gasteiger partial charge >= 0.3 is 0 Å². The van der Waals surface area contributed by atoms with Crippen LogP contribution in [0.2, 0.25) is 0 Å². The Bertz CT molecular complexity index is 386. The van der Waals surface area contributed by atoms with E-state index in [0.29, 0.717) is 5.92 Å². The lowest BCUT2D eigenvalue weighted by atomic mass is 10.0. The Hall–Kier alpha value is -1.22. The molecule has 0 aliphatic heterocycles. The molecule has 0 saturated heterocycles. The summed E-state index contributed by atoms with van der Waals surface area (Å²) in [6.45, 7) is 8.14. The molecule has 0 bridgehead atoms. The Morgan fingerprint density at radius 1 is 1.28 bits per heavy atom. The molecule has 1 rings (SSSR count). The summed E-state index contributed by atoms with van der Waals surface area (Å²) in [7, 11) is 3.85. The first kappa shape index (κ1) is 14.8. The van der Waals surface area contributed by atoms with Crippen LogP contribution in [0.1, 0.15) is 24.5 Å². The lowest BCUT2D eigenvalue weighted by Crippen LogP contribution is -2.30. The predicted molar refractivity (Wildman–Crippen MR) is 78.6 cm³/mol. The van der Waals surface area contributed by atoms with Gasteiger partial charge in [-0.25, -0.2) is 0 Å². The Kier molecular flexibility index (Phi) is 5.48. The third-order valence-electron chi connectivity index (χ3n) is 3.57. The summed E-state index contributed by atoms with van der Waals surface area (Å²) in [4.78, 5) is 2.29. The molecule has 102 valence electrons. The predicted octanol–water partition coefficient (Wildman–Crippen LogP) is 2.73. The highest BCUT2D eigenvalue weighted by Crippen LogP contribution is 2.28. The molecule has 0 aliphatic carbocycles. The molecule has 1 aromatic rings. The lowest BCUT2D eigenvalue weighted by molar-refractivity contribution is 0.411. The lowest BCUT2D eigenvalue weighted by Gasteiger charge is -2.26. The molecule has 0 fully saturated rings. The highest BCUT2D eigenvalue weighted by molar-refractivity contribution is 5.58. The van der Waals surface area contributed by atoms with E-state index in [4.69, 9.17) is 10.5 Å². The number of rotatable bonds is 6. The molecule has 18 heavy (non-hydrogen) atoms. The maximum absolute atomic E-state index is 5.78. The summed E-state index contributed by atoms with van der Waals surface area (Å²) in [6.07, 6.45) is 1.12. The third kappa shape index (κ3) is 3.39. The summed E-state index contributed by atoms with van der Waals surface area (Å²) in [6, 6.07) is 4.29. The van der Waals surface area contributed by atoms with E-state index in [0.717, 1.165) is 25.3 Å². The first-order chi connectivity index (χ1) is 8.53. The van der Waals surface area contributed by atoms with Crippen LogP contribution in [0.5, 0.6) is 5.75 Å². The van der Waals surface area contributed by atoms with Gasteiger partial charge < -0.3 is 15.4 Å². The van der Waals surface area contributed by atoms with Crippen molar-refractivity contribution in [3.8, 4) is 5.75 Å². The second-order valence-electron chi connectivity index (χ2n) is 5.00. The molecule has 1 aromatic carbocycles. The maximum Gasteiger partial charge on any atom is 0.122 e. The second-order valence-corrected chi connectivity index (χ2v) is 5.00. The van der Waals surface area contributed by atoms with Crippen molar-refractivity contribution >= 4 is 5.69 Å². The highest BCUT2D eigenvalue weighted by Gasteiger charge is 2.12. The number of nitrogens with two attached hydrogens (primary N) is 1. The Morgan fingerprint density at radius 3 is 2.44 bits per heavy atom. The summed E-state index contributed by atoms with van der Waals surface area (Å²) >= 11 is 0. The molecule has 0 saturated carbocycles. The van der Waals surface area contributed by atoms with E-state index < -0.39 is 0 Å². The van der Waals surface area contributed by atoms with Crippen molar-refractivity contribution in [2.24, 2.45) is 11.7 Å². The van der Waals surface area contributed by atoms with Gasteiger partial charge in [0.15, 0.2) is 0 Å². The van der Waals surface area contributed by atoms with Gasteiger partial charge in [-0.15, -0.1) is 0 Å². The van der Waals surface area contributed by atoms with Gasteiger partial charge in [-0.1, -0.05) is 13.3 Å². The number of anilines is 1. The van der Waals surface area contributed by atoms with Crippen molar-refractivity contribution < 1.29 is 4.74 Å². The number of hydrogen-bond acceptors (Lipinski definition) is 3. The molecule has 0 radical (unpaired) electrons. The minimum atomic E-state index is 0.553. The van der Waals surface area contributed by atoms with Crippen LogP contribution in [0.4, 0.5) is 5.69 Å². The van der Waals surface area contributed by atoms with E-state index in [1.54, 1.807) is 7.11 Å². The molecule has 3 heteroatoms. The summed E-state index contributed by atoms with van der Waals surface area (Å²) in [5.41, 5.74) is 9.46. The summed E-state index contributed by atoms with van der Waals surface area (Å²) in [5.74, 6) is 1.51. The minimum absolute atomic E-state index is 0.553. The fourth-order valence-corrected chi connectivity index (χ4v) is 2.26. The molecule has 2 N–H and O–H groups in total. The van der Waals surface area contributed by atoms with E-state index in [1.165, 1.54) is 16.8 Å². The van der Waals surface area contributed by atoms with Gasteiger partial charge in [0.05, 0.1) is 7.11 Å². The molecule has 1 atom stereocenters. The van der Waals surface area contributed by atoms with Gasteiger partial charge in [-0.2, -0.15) is 0 Å². The Balaban J connectivity index is 2.92. The quantitative estimate of drug-likeness (QED) is 0.843. The van der Waals surface area contributed by atoms with E-state index in [-0.39, 0.29) is 0 Å². The van der Waals surface area contributed by atoms with Gasteiger partial charge in [0.1, 0.15) is 5.75 Å². The molecule has 1 unspecified atom stereocenters. The summed E-state index contributed by atoms with van der Waals surface area (Å²) in [5, 5.41) is 0. The van der Waals surface area contributed by atoms with Gasteiger partial charge in [0, 0.05) is 19.3 Å². The van der Waals surface area contributed by atoms with E-state index in [9.17, 15) is 0 Å². The third-order valence-corrected chi connectivity index (χ3v) is 3.57. The number of ether oxygens (including phenoxy) is 1. The number of nitrogens with zero attached hydrogens (tertiary/aromatic N) is 1. The maximum atomic E-state index is 5.78. The average molecular weight is 250 g/mol. The standard InChI is InChI=1S/C15H26N2O/c1-6-13(9-16)10-17(4)14-7-12(3)15(18-5)8-11(14)2/h7-8,13H,6,9-10,16H2,1-5H3. The molecular weight excluding hydrogens is 224 g/mol. The van der Waals surface area contributed by atoms with Crippen molar-refractivity contribution in [1.82, 2.24) is 0 Å². The largest absolute Gasteiger partial charge is 0.496 e. The van der Waals surface area contributed by atoms with Gasteiger partial charge in [-0.3, -0.25) is 0 Å². The topological polar surface area (TPSA) is 38.5 Å². The van der Waals surface area contributed by atoms with Crippen LogP contribution in [0, 0.1) is 19.8 Å². The Labute approximate surface area is 111 Å². The average Bonchev–Trinajstić information content (AvgIpc) is 2.37. The van der Waals surface area contributed by atoms with Crippen LogP contribution in [0.15, 0.2) is 12.1 Å². The summed E-state index contributed by atoms with van der Waals surface area (Å²) < 4.78 is 5.35. The van der Waals surface area contributed by atoms with Crippen molar-refractivity contribution in [2.75, 3.05) is 32.1 Å².